The van der Waals surface area contributed by atoms with Gasteiger partial charge in [0.15, 0.2) is 0 Å². The Morgan fingerprint density at radius 3 is 2.91 bits per heavy atom. The summed E-state index contributed by atoms with van der Waals surface area (Å²) in [5, 5.41) is 28.8. The van der Waals surface area contributed by atoms with E-state index in [0.717, 1.165) is 12.8 Å². The molecule has 7 atom stereocenters. The van der Waals surface area contributed by atoms with E-state index in [0.29, 0.717) is 13.0 Å². The lowest BCUT2D eigenvalue weighted by Gasteiger charge is -2.46. The average molecular weight is 312 g/mol. The normalized spacial score (nSPS) is 43.4. The van der Waals surface area contributed by atoms with Gasteiger partial charge in [-0.25, -0.2) is 0 Å². The van der Waals surface area contributed by atoms with Crippen molar-refractivity contribution in [3.05, 3.63) is 24.3 Å². The molecule has 3 aliphatic rings. The molecule has 0 aromatic carbocycles. The van der Waals surface area contributed by atoms with Gasteiger partial charge in [0.25, 0.3) is 0 Å². The Bertz CT molecular complexity index is 423. The van der Waals surface area contributed by atoms with Crippen LogP contribution in [0.5, 0.6) is 0 Å². The molecule has 2 saturated heterocycles. The molecule has 22 heavy (non-hydrogen) atoms. The summed E-state index contributed by atoms with van der Waals surface area (Å²) in [4.78, 5) is 0. The first kappa shape index (κ1) is 16.1. The molecule has 3 heterocycles. The van der Waals surface area contributed by atoms with E-state index in [9.17, 15) is 10.2 Å². The Hall–Kier alpha value is -0.760. The number of hydrogen-bond donors (Lipinski definition) is 3. The molecule has 2 fully saturated rings. The van der Waals surface area contributed by atoms with Crippen LogP contribution < -0.4 is 0 Å². The summed E-state index contributed by atoms with van der Waals surface area (Å²) in [7, 11) is 0. The van der Waals surface area contributed by atoms with Crippen LogP contribution in [0.2, 0.25) is 0 Å². The molecular weight excluding hydrogens is 288 g/mol. The maximum Gasteiger partial charge on any atom is 0.114 e. The average Bonchev–Trinajstić information content (AvgIpc) is 2.75. The van der Waals surface area contributed by atoms with Gasteiger partial charge in [0, 0.05) is 6.61 Å². The molecule has 6 heteroatoms. The first-order valence-corrected chi connectivity index (χ1v) is 7.93. The van der Waals surface area contributed by atoms with Crippen molar-refractivity contribution >= 4 is 0 Å². The van der Waals surface area contributed by atoms with Crippen molar-refractivity contribution < 1.29 is 29.5 Å². The molecule has 3 aliphatic heterocycles. The van der Waals surface area contributed by atoms with Crippen molar-refractivity contribution in [1.82, 2.24) is 0 Å². The van der Waals surface area contributed by atoms with E-state index in [-0.39, 0.29) is 31.0 Å². The fraction of sp³-hybridized carbons (Fsp3) is 0.750. The Morgan fingerprint density at radius 1 is 1.23 bits per heavy atom. The third-order valence-electron chi connectivity index (χ3n) is 4.42. The molecule has 3 N–H and O–H groups in total. The van der Waals surface area contributed by atoms with Gasteiger partial charge in [-0.05, 0) is 19.3 Å². The molecule has 124 valence electrons. The topological polar surface area (TPSA) is 88.4 Å². The zero-order valence-electron chi connectivity index (χ0n) is 12.5. The van der Waals surface area contributed by atoms with Gasteiger partial charge >= 0.3 is 0 Å². The molecule has 0 aromatic rings. The van der Waals surface area contributed by atoms with Gasteiger partial charge in [-0.15, -0.1) is 0 Å². The van der Waals surface area contributed by atoms with Crippen LogP contribution in [0.3, 0.4) is 0 Å². The molecule has 6 nitrogen and oxygen atoms in total. The summed E-state index contributed by atoms with van der Waals surface area (Å²) in [5.41, 5.74) is 0. The van der Waals surface area contributed by atoms with Gasteiger partial charge in [0.2, 0.25) is 0 Å². The maximum absolute atomic E-state index is 10.6. The molecule has 0 aromatic heterocycles. The zero-order chi connectivity index (χ0) is 15.5. The predicted octanol–water partition coefficient (Wildman–Crippen LogP) is -0.0832. The van der Waals surface area contributed by atoms with Crippen molar-refractivity contribution in [2.75, 3.05) is 13.2 Å². The molecular formula is C16H24O6. The summed E-state index contributed by atoms with van der Waals surface area (Å²) in [5.74, 6) is 0. The highest BCUT2D eigenvalue weighted by atomic mass is 16.6. The summed E-state index contributed by atoms with van der Waals surface area (Å²) < 4.78 is 17.7. The first-order valence-electron chi connectivity index (χ1n) is 7.93. The standard InChI is InChI=1S/C16H24O6/c17-9-10(18)6-7-11-3-1-4-13-16(21-11)14(19)15-12(22-13)5-2-8-20-15/h1,3,6-7,10-19H,2,4-5,8-9H2/b7-6+/t10-,11-,12-,13+,14+,15-,16+/m1/s1. The molecule has 0 spiro atoms. The highest BCUT2D eigenvalue weighted by molar-refractivity contribution is 5.10. The molecule has 0 aliphatic carbocycles. The van der Waals surface area contributed by atoms with Gasteiger partial charge in [-0.3, -0.25) is 0 Å². The fourth-order valence-electron chi connectivity index (χ4n) is 3.29. The van der Waals surface area contributed by atoms with E-state index >= 15 is 0 Å². The second-order valence-electron chi connectivity index (χ2n) is 6.05. The number of aliphatic hydroxyl groups is 3. The Balaban J connectivity index is 1.69. The summed E-state index contributed by atoms with van der Waals surface area (Å²) >= 11 is 0. The van der Waals surface area contributed by atoms with E-state index in [1.807, 2.05) is 12.2 Å². The lowest BCUT2D eigenvalue weighted by atomic mass is 9.90. The lowest BCUT2D eigenvalue weighted by Crippen LogP contribution is -2.60. The SMILES string of the molecule is OC[C@H](O)/C=C/[C@H]1C=CC[C@@H]2O[C@@H]3CCCO[C@H]3[C@H](O)[C@H]2O1. The van der Waals surface area contributed by atoms with Crippen molar-refractivity contribution in [2.24, 2.45) is 0 Å². The Morgan fingerprint density at radius 2 is 2.09 bits per heavy atom. The molecule has 0 radical (unpaired) electrons. The van der Waals surface area contributed by atoms with Crippen molar-refractivity contribution in [3.8, 4) is 0 Å². The van der Waals surface area contributed by atoms with Crippen LogP contribution in [0.25, 0.3) is 0 Å². The smallest absolute Gasteiger partial charge is 0.114 e. The monoisotopic (exact) mass is 312 g/mol. The third kappa shape index (κ3) is 3.42. The summed E-state index contributed by atoms with van der Waals surface area (Å²) in [6.07, 6.45) is 6.51. The molecule has 3 rings (SSSR count). The van der Waals surface area contributed by atoms with Gasteiger partial charge in [0.05, 0.1) is 31.0 Å². The number of fused-ring (bicyclic) bond motifs is 2. The van der Waals surface area contributed by atoms with Crippen LogP contribution in [-0.2, 0) is 14.2 Å². The van der Waals surface area contributed by atoms with Crippen LogP contribution in [0.1, 0.15) is 19.3 Å². The second-order valence-corrected chi connectivity index (χ2v) is 6.05. The molecule has 0 amide bonds. The van der Waals surface area contributed by atoms with Gasteiger partial charge in [-0.1, -0.05) is 24.3 Å². The summed E-state index contributed by atoms with van der Waals surface area (Å²) in [6.45, 7) is 0.311. The number of hydrogen-bond acceptors (Lipinski definition) is 6. The highest BCUT2D eigenvalue weighted by Gasteiger charge is 2.48. The number of rotatable bonds is 3. The Labute approximate surface area is 130 Å². The van der Waals surface area contributed by atoms with Crippen LogP contribution in [-0.4, -0.2) is 71.3 Å². The van der Waals surface area contributed by atoms with Crippen LogP contribution >= 0.6 is 0 Å². The predicted molar refractivity (Wildman–Crippen MR) is 78.3 cm³/mol. The van der Waals surface area contributed by atoms with E-state index < -0.39 is 18.3 Å². The van der Waals surface area contributed by atoms with E-state index in [2.05, 4.69) is 0 Å². The molecule has 0 unspecified atom stereocenters. The number of ether oxygens (including phenoxy) is 3. The molecule has 0 saturated carbocycles. The second kappa shape index (κ2) is 7.21. The van der Waals surface area contributed by atoms with Crippen LogP contribution in [0, 0.1) is 0 Å². The minimum Gasteiger partial charge on any atom is -0.393 e. The minimum absolute atomic E-state index is 0.0645. The van der Waals surface area contributed by atoms with Crippen LogP contribution in [0.15, 0.2) is 24.3 Å². The van der Waals surface area contributed by atoms with E-state index in [1.165, 1.54) is 6.08 Å². The minimum atomic E-state index is -0.908. The highest BCUT2D eigenvalue weighted by Crippen LogP contribution is 2.34. The largest absolute Gasteiger partial charge is 0.393 e. The van der Waals surface area contributed by atoms with Gasteiger partial charge in [0.1, 0.15) is 18.3 Å². The quantitative estimate of drug-likeness (QED) is 0.632. The van der Waals surface area contributed by atoms with Crippen molar-refractivity contribution in [2.45, 2.75) is 62.0 Å². The first-order chi connectivity index (χ1) is 10.7. The van der Waals surface area contributed by atoms with E-state index in [4.69, 9.17) is 19.3 Å². The Kier molecular flexibility index (Phi) is 5.28. The van der Waals surface area contributed by atoms with Gasteiger partial charge < -0.3 is 29.5 Å². The van der Waals surface area contributed by atoms with Crippen molar-refractivity contribution in [3.63, 3.8) is 0 Å². The number of aliphatic hydroxyl groups excluding tert-OH is 3. The van der Waals surface area contributed by atoms with Crippen molar-refractivity contribution in [1.29, 1.82) is 0 Å². The third-order valence-corrected chi connectivity index (χ3v) is 4.42. The fourth-order valence-corrected chi connectivity index (χ4v) is 3.29. The van der Waals surface area contributed by atoms with Crippen LogP contribution in [0.4, 0.5) is 0 Å². The summed E-state index contributed by atoms with van der Waals surface area (Å²) in [6, 6.07) is 0. The maximum atomic E-state index is 10.6. The van der Waals surface area contributed by atoms with Gasteiger partial charge in [-0.2, -0.15) is 0 Å². The van der Waals surface area contributed by atoms with E-state index in [1.54, 1.807) is 6.08 Å². The molecule has 0 bridgehead atoms. The zero-order valence-corrected chi connectivity index (χ0v) is 12.5. The lowest BCUT2D eigenvalue weighted by molar-refractivity contribution is -0.259.